The van der Waals surface area contributed by atoms with Gasteiger partial charge < -0.3 is 9.47 Å². The van der Waals surface area contributed by atoms with E-state index in [0.29, 0.717) is 6.61 Å². The van der Waals surface area contributed by atoms with E-state index in [4.69, 9.17) is 32.7 Å². The van der Waals surface area contributed by atoms with Gasteiger partial charge in [0.05, 0.1) is 6.61 Å². The van der Waals surface area contributed by atoms with Gasteiger partial charge in [0.25, 0.3) is 0 Å². The van der Waals surface area contributed by atoms with Gasteiger partial charge in [-0.1, -0.05) is 44.0 Å². The summed E-state index contributed by atoms with van der Waals surface area (Å²) in [6.45, 7) is 7.45. The summed E-state index contributed by atoms with van der Waals surface area (Å²) in [5.41, 5.74) is 2.35. The van der Waals surface area contributed by atoms with Crippen LogP contribution in [0, 0.1) is 0 Å². The van der Waals surface area contributed by atoms with Crippen molar-refractivity contribution in [3.8, 4) is 11.5 Å². The number of hydrogen-bond acceptors (Lipinski definition) is 2. The first-order chi connectivity index (χ1) is 9.62. The molecule has 1 aromatic rings. The van der Waals surface area contributed by atoms with Gasteiger partial charge >= 0.3 is 0 Å². The Kier molecular flexibility index (Phi) is 7.86. The quantitative estimate of drug-likeness (QED) is 0.648. The molecule has 0 heterocycles. The first-order valence-corrected chi connectivity index (χ1v) is 7.80. The summed E-state index contributed by atoms with van der Waals surface area (Å²) in [6.07, 6.45) is 4.45. The van der Waals surface area contributed by atoms with Crippen molar-refractivity contribution in [2.75, 3.05) is 13.2 Å². The Morgan fingerprint density at radius 1 is 1.05 bits per heavy atom. The summed E-state index contributed by atoms with van der Waals surface area (Å²) in [5, 5.41) is 0. The molecule has 1 rings (SSSR count). The van der Waals surface area contributed by atoms with Gasteiger partial charge in [0, 0.05) is 0 Å². The molecule has 0 N–H and O–H groups in total. The van der Waals surface area contributed by atoms with E-state index in [1.54, 1.807) is 6.08 Å². The van der Waals surface area contributed by atoms with E-state index in [0.717, 1.165) is 37.4 Å². The Hall–Kier alpha value is -0.860. The first kappa shape index (κ1) is 17.2. The molecule has 0 amide bonds. The van der Waals surface area contributed by atoms with Crippen LogP contribution in [0.1, 0.15) is 38.3 Å². The molecular formula is C16H22Cl2O2. The van der Waals surface area contributed by atoms with E-state index in [-0.39, 0.29) is 4.49 Å². The standard InChI is InChI=1S/C16H22Cl2O2/c1-4-8-20-16-12(5-2)10-14(11-13(16)6-3)19-9-7-15(17)18/h7,10-11H,4-6,8-9H2,1-3H3. The van der Waals surface area contributed by atoms with E-state index in [9.17, 15) is 0 Å². The molecule has 0 aromatic heterocycles. The summed E-state index contributed by atoms with van der Waals surface area (Å²) < 4.78 is 11.8. The monoisotopic (exact) mass is 316 g/mol. The molecule has 20 heavy (non-hydrogen) atoms. The largest absolute Gasteiger partial charge is 0.493 e. The molecule has 0 aliphatic rings. The van der Waals surface area contributed by atoms with Gasteiger partial charge in [-0.25, -0.2) is 0 Å². The minimum Gasteiger partial charge on any atom is -0.493 e. The first-order valence-electron chi connectivity index (χ1n) is 7.04. The molecule has 0 unspecified atom stereocenters. The van der Waals surface area contributed by atoms with Gasteiger partial charge in [0.1, 0.15) is 22.6 Å². The molecule has 1 aromatic carbocycles. The van der Waals surface area contributed by atoms with E-state index in [1.807, 2.05) is 12.1 Å². The summed E-state index contributed by atoms with van der Waals surface area (Å²) in [5.74, 6) is 1.84. The second-order valence-electron chi connectivity index (χ2n) is 4.43. The van der Waals surface area contributed by atoms with Crippen molar-refractivity contribution in [2.45, 2.75) is 40.0 Å². The second-order valence-corrected chi connectivity index (χ2v) is 5.44. The Balaban J connectivity index is 2.96. The number of ether oxygens (including phenoxy) is 2. The highest BCUT2D eigenvalue weighted by Gasteiger charge is 2.11. The van der Waals surface area contributed by atoms with Gasteiger partial charge in [-0.3, -0.25) is 0 Å². The summed E-state index contributed by atoms with van der Waals surface area (Å²) >= 11 is 11.1. The Morgan fingerprint density at radius 2 is 1.65 bits per heavy atom. The number of hydrogen-bond donors (Lipinski definition) is 0. The van der Waals surface area contributed by atoms with Crippen LogP contribution < -0.4 is 9.47 Å². The Morgan fingerprint density at radius 3 is 2.10 bits per heavy atom. The molecule has 0 radical (unpaired) electrons. The topological polar surface area (TPSA) is 18.5 Å². The van der Waals surface area contributed by atoms with Crippen LogP contribution in [0.15, 0.2) is 22.7 Å². The van der Waals surface area contributed by atoms with Crippen LogP contribution >= 0.6 is 23.2 Å². The lowest BCUT2D eigenvalue weighted by Crippen LogP contribution is -2.04. The lowest BCUT2D eigenvalue weighted by Gasteiger charge is -2.16. The minimum absolute atomic E-state index is 0.222. The lowest BCUT2D eigenvalue weighted by molar-refractivity contribution is 0.309. The Bertz CT molecular complexity index is 427. The average molecular weight is 317 g/mol. The van der Waals surface area contributed by atoms with Gasteiger partial charge in [0.2, 0.25) is 0 Å². The molecule has 0 atom stereocenters. The van der Waals surface area contributed by atoms with Crippen molar-refractivity contribution in [3.63, 3.8) is 0 Å². The minimum atomic E-state index is 0.222. The van der Waals surface area contributed by atoms with Crippen molar-refractivity contribution in [3.05, 3.63) is 33.8 Å². The molecule has 112 valence electrons. The number of halogens is 2. The fraction of sp³-hybridized carbons (Fsp3) is 0.500. The van der Waals surface area contributed by atoms with E-state index in [2.05, 4.69) is 20.8 Å². The van der Waals surface area contributed by atoms with Crippen molar-refractivity contribution < 1.29 is 9.47 Å². The number of benzene rings is 1. The number of rotatable bonds is 8. The third-order valence-corrected chi connectivity index (χ3v) is 3.22. The van der Waals surface area contributed by atoms with E-state index in [1.165, 1.54) is 11.1 Å². The Labute approximate surface area is 131 Å². The summed E-state index contributed by atoms with van der Waals surface area (Å²) in [7, 11) is 0. The average Bonchev–Trinajstić information content (AvgIpc) is 2.44. The highest BCUT2D eigenvalue weighted by Crippen LogP contribution is 2.31. The van der Waals surface area contributed by atoms with Crippen LogP contribution in [-0.4, -0.2) is 13.2 Å². The van der Waals surface area contributed by atoms with Gasteiger partial charge in [-0.15, -0.1) is 0 Å². The van der Waals surface area contributed by atoms with Crippen LogP contribution in [0.2, 0.25) is 0 Å². The van der Waals surface area contributed by atoms with E-state index >= 15 is 0 Å². The second kappa shape index (κ2) is 9.15. The third kappa shape index (κ3) is 5.26. The molecule has 0 saturated heterocycles. The SMILES string of the molecule is CCCOc1c(CC)cc(OCC=C(Cl)Cl)cc1CC. The lowest BCUT2D eigenvalue weighted by atomic mass is 10.0. The zero-order valence-electron chi connectivity index (χ0n) is 12.3. The zero-order valence-corrected chi connectivity index (χ0v) is 13.9. The molecule has 0 saturated carbocycles. The van der Waals surface area contributed by atoms with Crippen molar-refractivity contribution in [2.24, 2.45) is 0 Å². The maximum Gasteiger partial charge on any atom is 0.125 e. The smallest absolute Gasteiger partial charge is 0.125 e. The summed E-state index contributed by atoms with van der Waals surface area (Å²) in [4.78, 5) is 0. The van der Waals surface area contributed by atoms with Crippen LogP contribution in [0.5, 0.6) is 11.5 Å². The molecule has 2 nitrogen and oxygen atoms in total. The predicted octanol–water partition coefficient (Wildman–Crippen LogP) is 5.30. The zero-order chi connectivity index (χ0) is 15.0. The molecule has 0 bridgehead atoms. The molecule has 0 aliphatic carbocycles. The number of aryl methyl sites for hydroxylation is 2. The fourth-order valence-electron chi connectivity index (χ4n) is 1.92. The van der Waals surface area contributed by atoms with Crippen LogP contribution in [-0.2, 0) is 12.8 Å². The van der Waals surface area contributed by atoms with Crippen molar-refractivity contribution in [1.29, 1.82) is 0 Å². The normalized spacial score (nSPS) is 10.2. The van der Waals surface area contributed by atoms with Crippen molar-refractivity contribution >= 4 is 23.2 Å². The maximum absolute atomic E-state index is 5.89. The molecular weight excluding hydrogens is 295 g/mol. The van der Waals surface area contributed by atoms with Gasteiger partial charge in [-0.05, 0) is 48.6 Å². The van der Waals surface area contributed by atoms with Crippen LogP contribution in [0.4, 0.5) is 0 Å². The fourth-order valence-corrected chi connectivity index (χ4v) is 2.05. The van der Waals surface area contributed by atoms with E-state index < -0.39 is 0 Å². The molecule has 0 aliphatic heterocycles. The maximum atomic E-state index is 5.89. The van der Waals surface area contributed by atoms with Crippen LogP contribution in [0.25, 0.3) is 0 Å². The van der Waals surface area contributed by atoms with Gasteiger partial charge in [-0.2, -0.15) is 0 Å². The van der Waals surface area contributed by atoms with Crippen molar-refractivity contribution in [1.82, 2.24) is 0 Å². The molecule has 0 fully saturated rings. The highest BCUT2D eigenvalue weighted by molar-refractivity contribution is 6.55. The molecule has 0 spiro atoms. The van der Waals surface area contributed by atoms with Crippen LogP contribution in [0.3, 0.4) is 0 Å². The third-order valence-electron chi connectivity index (χ3n) is 2.92. The van der Waals surface area contributed by atoms with Gasteiger partial charge in [0.15, 0.2) is 0 Å². The highest BCUT2D eigenvalue weighted by atomic mass is 35.5. The summed E-state index contributed by atoms with van der Waals surface area (Å²) in [6, 6.07) is 4.06. The predicted molar refractivity (Wildman–Crippen MR) is 86.3 cm³/mol. The molecule has 4 heteroatoms.